The standard InChI is InChI=1S/C11H12ClN3O2S2/c1-7-10(18-6-14-7)5-15-19(16,17)11-4-8(13)2-3-9(11)12/h2-4,6,15H,5,13H2,1H3. The molecular formula is C11H12ClN3O2S2. The third-order valence-corrected chi connectivity index (χ3v) is 5.33. The van der Waals surface area contributed by atoms with Crippen LogP contribution in [0.3, 0.4) is 0 Å². The predicted molar refractivity (Wildman–Crippen MR) is 76.7 cm³/mol. The maximum atomic E-state index is 12.1. The van der Waals surface area contributed by atoms with E-state index in [1.54, 1.807) is 11.6 Å². The van der Waals surface area contributed by atoms with Gasteiger partial charge in [0.15, 0.2) is 0 Å². The molecule has 0 aliphatic rings. The monoisotopic (exact) mass is 317 g/mol. The Morgan fingerprint density at radius 3 is 2.84 bits per heavy atom. The van der Waals surface area contributed by atoms with Crippen molar-refractivity contribution < 1.29 is 8.42 Å². The molecule has 0 bridgehead atoms. The molecule has 0 aliphatic carbocycles. The lowest BCUT2D eigenvalue weighted by Crippen LogP contribution is -2.23. The zero-order valence-corrected chi connectivity index (χ0v) is 12.4. The second kappa shape index (κ2) is 5.46. The van der Waals surface area contributed by atoms with Crippen molar-refractivity contribution in [2.24, 2.45) is 0 Å². The van der Waals surface area contributed by atoms with Crippen LogP contribution in [0.1, 0.15) is 10.6 Å². The van der Waals surface area contributed by atoms with Gasteiger partial charge in [-0.05, 0) is 25.1 Å². The highest BCUT2D eigenvalue weighted by molar-refractivity contribution is 7.89. The number of halogens is 1. The number of nitrogens with zero attached hydrogens (tertiary/aromatic N) is 1. The van der Waals surface area contributed by atoms with E-state index in [1.165, 1.54) is 23.5 Å². The molecule has 2 aromatic rings. The fraction of sp³-hybridized carbons (Fsp3) is 0.182. The molecule has 102 valence electrons. The molecular weight excluding hydrogens is 306 g/mol. The summed E-state index contributed by atoms with van der Waals surface area (Å²) in [6.07, 6.45) is 0. The first kappa shape index (κ1) is 14.3. The van der Waals surface area contributed by atoms with Crippen LogP contribution in [0.2, 0.25) is 5.02 Å². The Kier molecular flexibility index (Phi) is 4.10. The van der Waals surface area contributed by atoms with E-state index < -0.39 is 10.0 Å². The van der Waals surface area contributed by atoms with Crippen LogP contribution in [-0.4, -0.2) is 13.4 Å². The van der Waals surface area contributed by atoms with Crippen molar-refractivity contribution in [1.82, 2.24) is 9.71 Å². The van der Waals surface area contributed by atoms with Crippen LogP contribution in [0.25, 0.3) is 0 Å². The van der Waals surface area contributed by atoms with E-state index in [2.05, 4.69) is 9.71 Å². The molecule has 0 amide bonds. The Hall–Kier alpha value is -1.15. The van der Waals surface area contributed by atoms with Crippen molar-refractivity contribution in [3.8, 4) is 0 Å². The lowest BCUT2D eigenvalue weighted by atomic mass is 10.3. The summed E-state index contributed by atoms with van der Waals surface area (Å²) in [5.74, 6) is 0. The smallest absolute Gasteiger partial charge is 0.242 e. The van der Waals surface area contributed by atoms with E-state index in [0.717, 1.165) is 10.6 Å². The Balaban J connectivity index is 2.23. The van der Waals surface area contributed by atoms with Crippen molar-refractivity contribution in [3.63, 3.8) is 0 Å². The number of benzene rings is 1. The van der Waals surface area contributed by atoms with Crippen LogP contribution < -0.4 is 10.5 Å². The van der Waals surface area contributed by atoms with Gasteiger partial charge in [0.2, 0.25) is 10.0 Å². The van der Waals surface area contributed by atoms with Gasteiger partial charge in [0.1, 0.15) is 4.90 Å². The molecule has 0 saturated carbocycles. The van der Waals surface area contributed by atoms with E-state index in [-0.39, 0.29) is 16.5 Å². The average molecular weight is 318 g/mol. The highest BCUT2D eigenvalue weighted by Gasteiger charge is 2.18. The summed E-state index contributed by atoms with van der Waals surface area (Å²) in [5, 5.41) is 0.141. The number of nitrogen functional groups attached to an aromatic ring is 1. The van der Waals surface area contributed by atoms with Gasteiger partial charge in [0, 0.05) is 17.1 Å². The number of sulfonamides is 1. The lowest BCUT2D eigenvalue weighted by Gasteiger charge is -2.08. The summed E-state index contributed by atoms with van der Waals surface area (Å²) in [5.41, 5.74) is 8.41. The summed E-state index contributed by atoms with van der Waals surface area (Å²) in [6, 6.07) is 4.35. The van der Waals surface area contributed by atoms with Crippen LogP contribution in [0.15, 0.2) is 28.6 Å². The third-order valence-electron chi connectivity index (χ3n) is 2.51. The molecule has 1 aromatic carbocycles. The van der Waals surface area contributed by atoms with Gasteiger partial charge in [-0.1, -0.05) is 11.6 Å². The summed E-state index contributed by atoms with van der Waals surface area (Å²) in [6.45, 7) is 2.01. The molecule has 0 atom stereocenters. The first-order valence-corrected chi connectivity index (χ1v) is 8.08. The number of anilines is 1. The average Bonchev–Trinajstić information content (AvgIpc) is 2.75. The molecule has 0 unspecified atom stereocenters. The second-order valence-corrected chi connectivity index (χ2v) is 6.96. The van der Waals surface area contributed by atoms with Crippen molar-refractivity contribution in [2.45, 2.75) is 18.4 Å². The maximum Gasteiger partial charge on any atom is 0.242 e. The highest BCUT2D eigenvalue weighted by Crippen LogP contribution is 2.24. The van der Waals surface area contributed by atoms with Crippen molar-refractivity contribution in [2.75, 3.05) is 5.73 Å². The number of hydrogen-bond donors (Lipinski definition) is 2. The molecule has 0 spiro atoms. The van der Waals surface area contributed by atoms with Gasteiger partial charge in [-0.3, -0.25) is 0 Å². The Bertz CT molecular complexity index is 698. The Labute approximate surface area is 120 Å². The van der Waals surface area contributed by atoms with Gasteiger partial charge in [0.05, 0.1) is 16.2 Å². The van der Waals surface area contributed by atoms with E-state index in [9.17, 15) is 8.42 Å². The second-order valence-electron chi connectivity index (χ2n) is 3.88. The fourth-order valence-corrected chi connectivity index (χ4v) is 3.80. The van der Waals surface area contributed by atoms with Crippen LogP contribution in [0, 0.1) is 6.92 Å². The van der Waals surface area contributed by atoms with Gasteiger partial charge in [-0.25, -0.2) is 18.1 Å². The van der Waals surface area contributed by atoms with Crippen LogP contribution in [0.4, 0.5) is 5.69 Å². The van der Waals surface area contributed by atoms with Gasteiger partial charge in [0.25, 0.3) is 0 Å². The fourth-order valence-electron chi connectivity index (χ4n) is 1.46. The minimum Gasteiger partial charge on any atom is -0.399 e. The normalized spacial score (nSPS) is 11.7. The quantitative estimate of drug-likeness (QED) is 0.846. The van der Waals surface area contributed by atoms with Gasteiger partial charge in [-0.2, -0.15) is 0 Å². The van der Waals surface area contributed by atoms with Crippen LogP contribution >= 0.6 is 22.9 Å². The molecule has 2 rings (SSSR count). The minimum absolute atomic E-state index is 0.0173. The topological polar surface area (TPSA) is 85.1 Å². The van der Waals surface area contributed by atoms with Crippen LogP contribution in [-0.2, 0) is 16.6 Å². The SMILES string of the molecule is Cc1ncsc1CNS(=O)(=O)c1cc(N)ccc1Cl. The number of thiazole rings is 1. The molecule has 3 N–H and O–H groups in total. The number of hydrogen-bond acceptors (Lipinski definition) is 5. The minimum atomic E-state index is -3.69. The summed E-state index contributed by atoms with van der Waals surface area (Å²) < 4.78 is 26.8. The van der Waals surface area contributed by atoms with Gasteiger partial charge in [-0.15, -0.1) is 11.3 Å². The molecule has 0 fully saturated rings. The Morgan fingerprint density at radius 1 is 1.47 bits per heavy atom. The Morgan fingerprint density at radius 2 is 2.21 bits per heavy atom. The molecule has 1 heterocycles. The molecule has 8 heteroatoms. The third kappa shape index (κ3) is 3.24. The largest absolute Gasteiger partial charge is 0.399 e. The number of nitrogens with one attached hydrogen (secondary N) is 1. The van der Waals surface area contributed by atoms with Gasteiger partial charge >= 0.3 is 0 Å². The predicted octanol–water partition coefficient (Wildman–Crippen LogP) is 2.17. The molecule has 5 nitrogen and oxygen atoms in total. The van der Waals surface area contributed by atoms with Crippen molar-refractivity contribution in [3.05, 3.63) is 39.3 Å². The maximum absolute atomic E-state index is 12.1. The molecule has 0 saturated heterocycles. The zero-order chi connectivity index (χ0) is 14.0. The zero-order valence-electron chi connectivity index (χ0n) is 10.1. The summed E-state index contributed by atoms with van der Waals surface area (Å²) in [4.78, 5) is 4.91. The van der Waals surface area contributed by atoms with E-state index in [0.29, 0.717) is 5.69 Å². The van der Waals surface area contributed by atoms with E-state index >= 15 is 0 Å². The molecule has 0 radical (unpaired) electrons. The lowest BCUT2D eigenvalue weighted by molar-refractivity contribution is 0.582. The summed E-state index contributed by atoms with van der Waals surface area (Å²) in [7, 11) is -3.69. The number of nitrogens with two attached hydrogens (primary N) is 1. The highest BCUT2D eigenvalue weighted by atomic mass is 35.5. The van der Waals surface area contributed by atoms with E-state index in [1.807, 2.05) is 6.92 Å². The van der Waals surface area contributed by atoms with Crippen molar-refractivity contribution >= 4 is 38.6 Å². The number of rotatable bonds is 4. The molecule has 0 aliphatic heterocycles. The molecule has 1 aromatic heterocycles. The first-order chi connectivity index (χ1) is 8.90. The first-order valence-electron chi connectivity index (χ1n) is 5.34. The molecule has 19 heavy (non-hydrogen) atoms. The van der Waals surface area contributed by atoms with E-state index in [4.69, 9.17) is 17.3 Å². The van der Waals surface area contributed by atoms with Crippen LogP contribution in [0.5, 0.6) is 0 Å². The number of aryl methyl sites for hydroxylation is 1. The number of aromatic nitrogens is 1. The summed E-state index contributed by atoms with van der Waals surface area (Å²) >= 11 is 7.29. The van der Waals surface area contributed by atoms with Gasteiger partial charge < -0.3 is 5.73 Å². The van der Waals surface area contributed by atoms with Crippen molar-refractivity contribution in [1.29, 1.82) is 0 Å².